The van der Waals surface area contributed by atoms with Gasteiger partial charge in [-0.05, 0) is 70.2 Å². The number of benzene rings is 2. The molecule has 38 heavy (non-hydrogen) atoms. The fourth-order valence-electron chi connectivity index (χ4n) is 4.44. The summed E-state index contributed by atoms with van der Waals surface area (Å²) in [5, 5.41) is 10.5. The highest BCUT2D eigenvalue weighted by Crippen LogP contribution is 2.34. The minimum absolute atomic E-state index is 0.00646. The monoisotopic (exact) mass is 526 g/mol. The van der Waals surface area contributed by atoms with Crippen LogP contribution in [0.5, 0.6) is 23.0 Å². The van der Waals surface area contributed by atoms with Crippen molar-refractivity contribution in [1.29, 1.82) is 0 Å². The molecule has 0 spiro atoms. The Kier molecular flexibility index (Phi) is 11.0. The summed E-state index contributed by atoms with van der Waals surface area (Å²) in [6.07, 6.45) is 4.65. The van der Waals surface area contributed by atoms with Crippen LogP contribution in [-0.2, 0) is 16.0 Å². The van der Waals surface area contributed by atoms with Crippen molar-refractivity contribution in [2.45, 2.75) is 78.2 Å². The number of ether oxygens (including phenoxy) is 4. The van der Waals surface area contributed by atoms with Gasteiger partial charge in [-0.3, -0.25) is 14.4 Å². The van der Waals surface area contributed by atoms with Gasteiger partial charge < -0.3 is 24.1 Å². The fraction of sp³-hybridized carbons (Fsp3) is 0.500. The Morgan fingerprint density at radius 2 is 1.84 bits per heavy atom. The third-order valence-corrected chi connectivity index (χ3v) is 6.36. The van der Waals surface area contributed by atoms with Crippen LogP contribution in [0, 0.1) is 0 Å². The zero-order valence-corrected chi connectivity index (χ0v) is 22.5. The number of hydrogen-bond donors (Lipinski definition) is 1. The van der Waals surface area contributed by atoms with Gasteiger partial charge in [0.2, 0.25) is 0 Å². The summed E-state index contributed by atoms with van der Waals surface area (Å²) in [5.41, 5.74) is 1.53. The number of phenolic OH excluding ortho intramolecular Hbond substituents is 1. The molecule has 0 aliphatic carbocycles. The van der Waals surface area contributed by atoms with Crippen molar-refractivity contribution in [1.82, 2.24) is 0 Å². The van der Waals surface area contributed by atoms with Crippen molar-refractivity contribution in [3.8, 4) is 23.0 Å². The van der Waals surface area contributed by atoms with Gasteiger partial charge in [-0.15, -0.1) is 0 Å². The van der Waals surface area contributed by atoms with E-state index < -0.39 is 0 Å². The Morgan fingerprint density at radius 3 is 2.58 bits per heavy atom. The van der Waals surface area contributed by atoms with E-state index in [0.717, 1.165) is 19.3 Å². The number of Topliss-reactive ketones (excluding diaryl/α,β-unsaturated/α-hetero) is 2. The molecule has 0 saturated carbocycles. The van der Waals surface area contributed by atoms with E-state index >= 15 is 0 Å². The van der Waals surface area contributed by atoms with Crippen LogP contribution < -0.4 is 14.2 Å². The molecule has 0 radical (unpaired) electrons. The van der Waals surface area contributed by atoms with Crippen LogP contribution >= 0.6 is 0 Å². The normalized spacial score (nSPS) is 14.4. The number of carbonyl (C=O) groups is 3. The summed E-state index contributed by atoms with van der Waals surface area (Å²) in [6, 6.07) is 8.55. The van der Waals surface area contributed by atoms with Crippen LogP contribution in [0.1, 0.15) is 92.0 Å². The highest BCUT2D eigenvalue weighted by Gasteiger charge is 2.26. The number of aromatic hydroxyl groups is 1. The van der Waals surface area contributed by atoms with Gasteiger partial charge in [-0.1, -0.05) is 13.3 Å². The minimum atomic E-state index is -0.242. The number of hydrogen-bond acceptors (Lipinski definition) is 8. The lowest BCUT2D eigenvalue weighted by molar-refractivity contribution is -0.143. The summed E-state index contributed by atoms with van der Waals surface area (Å²) >= 11 is 0. The topological polar surface area (TPSA) is 108 Å². The molecular formula is C30H38O8. The van der Waals surface area contributed by atoms with Crippen molar-refractivity contribution >= 4 is 17.5 Å². The number of ketones is 2. The molecule has 0 aromatic heterocycles. The maximum absolute atomic E-state index is 12.6. The Balaban J connectivity index is 1.47. The molecule has 1 aliphatic heterocycles. The van der Waals surface area contributed by atoms with E-state index in [1.54, 1.807) is 37.3 Å². The van der Waals surface area contributed by atoms with E-state index in [2.05, 4.69) is 0 Å². The van der Waals surface area contributed by atoms with Crippen LogP contribution in [0.25, 0.3) is 0 Å². The molecule has 1 atom stereocenters. The first kappa shape index (κ1) is 29.0. The SMILES string of the molecule is CCCc1c(OCCCCC2CC(=O)c3ccc(OCCCC(=O)OCC)cc3O2)ccc(C(C)=O)c1O. The van der Waals surface area contributed by atoms with Gasteiger partial charge in [0.25, 0.3) is 0 Å². The number of fused-ring (bicyclic) bond motifs is 1. The van der Waals surface area contributed by atoms with Gasteiger partial charge in [0, 0.05) is 24.5 Å². The number of unbranched alkanes of at least 4 members (excludes halogenated alkanes) is 1. The summed E-state index contributed by atoms with van der Waals surface area (Å²) in [7, 11) is 0. The molecule has 8 nitrogen and oxygen atoms in total. The van der Waals surface area contributed by atoms with Gasteiger partial charge in [0.05, 0.1) is 30.9 Å². The predicted octanol–water partition coefficient (Wildman–Crippen LogP) is 5.85. The minimum Gasteiger partial charge on any atom is -0.507 e. The molecule has 2 aromatic carbocycles. The van der Waals surface area contributed by atoms with Crippen LogP contribution in [0.3, 0.4) is 0 Å². The van der Waals surface area contributed by atoms with Crippen LogP contribution in [0.2, 0.25) is 0 Å². The Morgan fingerprint density at radius 1 is 1.05 bits per heavy atom. The molecule has 0 bridgehead atoms. The van der Waals surface area contributed by atoms with Crippen LogP contribution in [-0.4, -0.2) is 48.6 Å². The molecule has 3 rings (SSSR count). The van der Waals surface area contributed by atoms with Crippen molar-refractivity contribution < 1.29 is 38.4 Å². The number of rotatable bonds is 15. The zero-order chi connectivity index (χ0) is 27.5. The van der Waals surface area contributed by atoms with E-state index in [1.165, 1.54) is 6.92 Å². The van der Waals surface area contributed by atoms with Gasteiger partial charge in [-0.25, -0.2) is 0 Å². The Bertz CT molecular complexity index is 1120. The largest absolute Gasteiger partial charge is 0.507 e. The molecule has 206 valence electrons. The fourth-order valence-corrected chi connectivity index (χ4v) is 4.44. The van der Waals surface area contributed by atoms with E-state index in [1.807, 2.05) is 6.92 Å². The predicted molar refractivity (Wildman–Crippen MR) is 143 cm³/mol. The summed E-state index contributed by atoms with van der Waals surface area (Å²) in [5.74, 6) is 1.35. The lowest BCUT2D eigenvalue weighted by Crippen LogP contribution is -2.27. The van der Waals surface area contributed by atoms with E-state index in [9.17, 15) is 19.5 Å². The van der Waals surface area contributed by atoms with Gasteiger partial charge in [-0.2, -0.15) is 0 Å². The van der Waals surface area contributed by atoms with E-state index in [-0.39, 0.29) is 29.4 Å². The first-order valence-electron chi connectivity index (χ1n) is 13.4. The second-order valence-corrected chi connectivity index (χ2v) is 9.37. The Labute approximate surface area is 224 Å². The molecule has 1 aliphatic rings. The van der Waals surface area contributed by atoms with Crippen molar-refractivity contribution in [3.63, 3.8) is 0 Å². The first-order valence-corrected chi connectivity index (χ1v) is 13.4. The van der Waals surface area contributed by atoms with Gasteiger partial charge in [0.1, 0.15) is 29.1 Å². The summed E-state index contributed by atoms with van der Waals surface area (Å²) < 4.78 is 22.7. The average Bonchev–Trinajstić information content (AvgIpc) is 2.88. The van der Waals surface area contributed by atoms with Gasteiger partial charge in [0.15, 0.2) is 11.6 Å². The summed E-state index contributed by atoms with van der Waals surface area (Å²) in [6.45, 7) is 6.40. The van der Waals surface area contributed by atoms with Crippen molar-refractivity contribution in [2.24, 2.45) is 0 Å². The highest BCUT2D eigenvalue weighted by atomic mass is 16.5. The lowest BCUT2D eigenvalue weighted by Gasteiger charge is -2.25. The molecule has 1 heterocycles. The second kappa shape index (κ2) is 14.4. The molecular weight excluding hydrogens is 488 g/mol. The quantitative estimate of drug-likeness (QED) is 0.175. The number of esters is 1. The zero-order valence-electron chi connectivity index (χ0n) is 22.5. The molecule has 8 heteroatoms. The maximum atomic E-state index is 12.6. The lowest BCUT2D eigenvalue weighted by atomic mass is 9.97. The Hall–Kier alpha value is -3.55. The molecule has 1 unspecified atom stereocenters. The molecule has 1 N–H and O–H groups in total. The van der Waals surface area contributed by atoms with Gasteiger partial charge >= 0.3 is 5.97 Å². The van der Waals surface area contributed by atoms with E-state index in [0.29, 0.717) is 85.9 Å². The standard InChI is InChI=1S/C30H38O8/c1-4-9-25-27(15-14-23(20(3)31)30(25)34)37-16-7-6-10-22-18-26(32)24-13-12-21(19-28(24)38-22)36-17-8-11-29(33)35-5-2/h12-15,19,22,34H,4-11,16-18H2,1-3H3. The average molecular weight is 527 g/mol. The van der Waals surface area contributed by atoms with E-state index in [4.69, 9.17) is 18.9 Å². The highest BCUT2D eigenvalue weighted by molar-refractivity contribution is 6.00. The molecule has 2 aromatic rings. The second-order valence-electron chi connectivity index (χ2n) is 9.37. The third kappa shape index (κ3) is 7.97. The molecule has 0 fully saturated rings. The first-order chi connectivity index (χ1) is 18.3. The smallest absolute Gasteiger partial charge is 0.305 e. The number of phenols is 1. The molecule has 0 saturated heterocycles. The van der Waals surface area contributed by atoms with Crippen molar-refractivity contribution in [3.05, 3.63) is 47.0 Å². The van der Waals surface area contributed by atoms with Crippen LogP contribution in [0.15, 0.2) is 30.3 Å². The molecule has 0 amide bonds. The maximum Gasteiger partial charge on any atom is 0.305 e. The van der Waals surface area contributed by atoms with Crippen LogP contribution in [0.4, 0.5) is 0 Å². The number of carbonyl (C=O) groups excluding carboxylic acids is 3. The van der Waals surface area contributed by atoms with Crippen molar-refractivity contribution in [2.75, 3.05) is 19.8 Å². The third-order valence-electron chi connectivity index (χ3n) is 6.36. The summed E-state index contributed by atoms with van der Waals surface area (Å²) in [4.78, 5) is 35.8.